The van der Waals surface area contributed by atoms with E-state index in [4.69, 9.17) is 19.3 Å². The maximum Gasteiger partial charge on any atom is 0.337 e. The quantitative estimate of drug-likeness (QED) is 0.857. The van der Waals surface area contributed by atoms with Gasteiger partial charge < -0.3 is 24.4 Å². The van der Waals surface area contributed by atoms with Gasteiger partial charge in [-0.15, -0.1) is 0 Å². The van der Waals surface area contributed by atoms with Gasteiger partial charge in [0, 0.05) is 6.07 Å². The number of rotatable bonds is 5. The number of ether oxygens (including phenoxy) is 3. The van der Waals surface area contributed by atoms with Gasteiger partial charge in [-0.25, -0.2) is 4.79 Å². The Balaban J connectivity index is 3.53. The molecule has 1 aromatic carbocycles. The van der Waals surface area contributed by atoms with Crippen molar-refractivity contribution in [2.75, 3.05) is 21.3 Å². The van der Waals surface area contributed by atoms with Crippen LogP contribution < -0.4 is 14.2 Å². The Bertz CT molecular complexity index is 459. The number of carboxylic acid groups (broad SMARTS) is 1. The molecular weight excluding hydrogens is 308 g/mol. The number of methoxy groups -OCH3 is 3. The number of benzene rings is 1. The van der Waals surface area contributed by atoms with Crippen LogP contribution in [0.1, 0.15) is 11.7 Å². The monoisotopic (exact) mass is 320 g/mol. The summed E-state index contributed by atoms with van der Waals surface area (Å²) in [5.74, 6) is -0.549. The van der Waals surface area contributed by atoms with E-state index in [0.717, 1.165) is 0 Å². The summed E-state index contributed by atoms with van der Waals surface area (Å²) < 4.78 is 15.5. The first-order chi connectivity index (χ1) is 8.47. The van der Waals surface area contributed by atoms with Gasteiger partial charge in [0.2, 0.25) is 0 Å². The normalized spacial score (nSPS) is 11.8. The molecule has 2 N–H and O–H groups in total. The molecule has 0 heterocycles. The molecule has 0 aliphatic carbocycles. The highest BCUT2D eigenvalue weighted by Gasteiger charge is 2.28. The third kappa shape index (κ3) is 2.51. The maximum atomic E-state index is 10.9. The number of aliphatic carboxylic acids is 1. The molecule has 1 rings (SSSR count). The van der Waals surface area contributed by atoms with Gasteiger partial charge in [-0.3, -0.25) is 0 Å². The van der Waals surface area contributed by atoms with E-state index >= 15 is 0 Å². The van der Waals surface area contributed by atoms with Crippen molar-refractivity contribution in [3.05, 3.63) is 16.1 Å². The molecule has 0 saturated carbocycles. The van der Waals surface area contributed by atoms with Crippen molar-refractivity contribution in [1.29, 1.82) is 0 Å². The van der Waals surface area contributed by atoms with E-state index in [1.54, 1.807) is 0 Å². The molecule has 0 radical (unpaired) electrons. The van der Waals surface area contributed by atoms with Crippen LogP contribution in [-0.2, 0) is 4.79 Å². The highest BCUT2D eigenvalue weighted by molar-refractivity contribution is 9.10. The molecular formula is C11H13BrO6. The number of halogens is 1. The van der Waals surface area contributed by atoms with Crippen LogP contribution in [-0.4, -0.2) is 37.5 Å². The molecule has 0 saturated heterocycles. The first-order valence-corrected chi connectivity index (χ1v) is 5.66. The lowest BCUT2D eigenvalue weighted by Gasteiger charge is -2.18. The number of hydrogen-bond donors (Lipinski definition) is 2. The second kappa shape index (κ2) is 5.92. The molecule has 0 fully saturated rings. The lowest BCUT2D eigenvalue weighted by Crippen LogP contribution is -2.13. The molecule has 18 heavy (non-hydrogen) atoms. The molecule has 0 bridgehead atoms. The average Bonchev–Trinajstić information content (AvgIpc) is 2.36. The Labute approximate surface area is 112 Å². The average molecular weight is 321 g/mol. The number of aliphatic hydroxyl groups excluding tert-OH is 1. The Hall–Kier alpha value is -1.47. The maximum absolute atomic E-state index is 10.9. The molecule has 0 aliphatic rings. The summed E-state index contributed by atoms with van der Waals surface area (Å²) in [6.07, 6.45) is -1.73. The number of carbonyl (C=O) groups is 1. The fraction of sp³-hybridized carbons (Fsp3) is 0.364. The van der Waals surface area contributed by atoms with Crippen molar-refractivity contribution >= 4 is 21.9 Å². The van der Waals surface area contributed by atoms with E-state index < -0.39 is 12.1 Å². The summed E-state index contributed by atoms with van der Waals surface area (Å²) >= 11 is 3.19. The van der Waals surface area contributed by atoms with Crippen molar-refractivity contribution < 1.29 is 29.2 Å². The summed E-state index contributed by atoms with van der Waals surface area (Å²) in [6, 6.07) is 1.45. The standard InChI is InChI=1S/C11H13BrO6/c1-16-5-4-6(17-2)10(18-3)8(12)7(5)9(13)11(14)15/h4,9,13H,1-3H3,(H,14,15). The third-order valence-corrected chi connectivity index (χ3v) is 3.13. The number of aliphatic hydroxyl groups is 1. The van der Waals surface area contributed by atoms with E-state index in [0.29, 0.717) is 5.75 Å². The van der Waals surface area contributed by atoms with Gasteiger partial charge in [-0.05, 0) is 15.9 Å². The van der Waals surface area contributed by atoms with Crippen LogP contribution in [0.15, 0.2) is 10.5 Å². The first kappa shape index (κ1) is 14.6. The summed E-state index contributed by atoms with van der Waals surface area (Å²) in [6.45, 7) is 0. The molecule has 0 spiro atoms. The molecule has 0 aromatic heterocycles. The van der Waals surface area contributed by atoms with E-state index in [9.17, 15) is 9.90 Å². The smallest absolute Gasteiger partial charge is 0.337 e. The minimum atomic E-state index is -1.73. The highest BCUT2D eigenvalue weighted by atomic mass is 79.9. The first-order valence-electron chi connectivity index (χ1n) is 4.87. The minimum absolute atomic E-state index is 0.0719. The molecule has 1 aromatic rings. The van der Waals surface area contributed by atoms with Crippen LogP contribution in [0.2, 0.25) is 0 Å². The van der Waals surface area contributed by atoms with Crippen LogP contribution in [0, 0.1) is 0 Å². The van der Waals surface area contributed by atoms with E-state index in [1.165, 1.54) is 27.4 Å². The van der Waals surface area contributed by atoms with E-state index in [1.807, 2.05) is 0 Å². The molecule has 7 heteroatoms. The van der Waals surface area contributed by atoms with Gasteiger partial charge in [0.25, 0.3) is 0 Å². The minimum Gasteiger partial charge on any atom is -0.496 e. The fourth-order valence-corrected chi connectivity index (χ4v) is 2.26. The van der Waals surface area contributed by atoms with Crippen molar-refractivity contribution in [3.63, 3.8) is 0 Å². The summed E-state index contributed by atoms with van der Waals surface area (Å²) in [7, 11) is 4.22. The van der Waals surface area contributed by atoms with Gasteiger partial charge >= 0.3 is 5.97 Å². The molecule has 1 atom stereocenters. The Morgan fingerprint density at radius 2 is 1.78 bits per heavy atom. The Morgan fingerprint density at radius 3 is 2.17 bits per heavy atom. The predicted molar refractivity (Wildman–Crippen MR) is 66.4 cm³/mol. The summed E-state index contributed by atoms with van der Waals surface area (Å²) in [5.41, 5.74) is 0.0719. The van der Waals surface area contributed by atoms with Crippen molar-refractivity contribution in [2.24, 2.45) is 0 Å². The van der Waals surface area contributed by atoms with Crippen LogP contribution >= 0.6 is 15.9 Å². The topological polar surface area (TPSA) is 85.2 Å². The molecule has 6 nitrogen and oxygen atoms in total. The van der Waals surface area contributed by atoms with Gasteiger partial charge in [0.05, 0.1) is 31.4 Å². The zero-order valence-electron chi connectivity index (χ0n) is 10.1. The third-order valence-electron chi connectivity index (χ3n) is 2.34. The van der Waals surface area contributed by atoms with Gasteiger partial charge in [-0.1, -0.05) is 0 Å². The van der Waals surface area contributed by atoms with Gasteiger partial charge in [0.15, 0.2) is 17.6 Å². The molecule has 1 unspecified atom stereocenters. The predicted octanol–water partition coefficient (Wildman–Crippen LogP) is 1.59. The second-order valence-corrected chi connectivity index (χ2v) is 4.08. The molecule has 100 valence electrons. The lowest BCUT2D eigenvalue weighted by atomic mass is 10.1. The highest BCUT2D eigenvalue weighted by Crippen LogP contribution is 2.45. The Morgan fingerprint density at radius 1 is 1.22 bits per heavy atom. The fourth-order valence-electron chi connectivity index (χ4n) is 1.49. The van der Waals surface area contributed by atoms with Gasteiger partial charge in [0.1, 0.15) is 5.75 Å². The van der Waals surface area contributed by atoms with Crippen LogP contribution in [0.3, 0.4) is 0 Å². The van der Waals surface area contributed by atoms with Crippen LogP contribution in [0.4, 0.5) is 0 Å². The van der Waals surface area contributed by atoms with Gasteiger partial charge in [-0.2, -0.15) is 0 Å². The van der Waals surface area contributed by atoms with Crippen molar-refractivity contribution in [2.45, 2.75) is 6.10 Å². The van der Waals surface area contributed by atoms with Crippen LogP contribution in [0.25, 0.3) is 0 Å². The number of carboxylic acids is 1. The molecule has 0 aliphatic heterocycles. The molecule has 0 amide bonds. The van der Waals surface area contributed by atoms with Crippen molar-refractivity contribution in [1.82, 2.24) is 0 Å². The number of hydrogen-bond acceptors (Lipinski definition) is 5. The summed E-state index contributed by atoms with van der Waals surface area (Å²) in [4.78, 5) is 10.9. The van der Waals surface area contributed by atoms with Crippen molar-refractivity contribution in [3.8, 4) is 17.2 Å². The van der Waals surface area contributed by atoms with Crippen LogP contribution in [0.5, 0.6) is 17.2 Å². The van der Waals surface area contributed by atoms with E-state index in [-0.39, 0.29) is 21.5 Å². The lowest BCUT2D eigenvalue weighted by molar-refractivity contribution is -0.147. The Kier molecular flexibility index (Phi) is 4.80. The zero-order chi connectivity index (χ0) is 13.9. The van der Waals surface area contributed by atoms with E-state index in [2.05, 4.69) is 15.9 Å². The SMILES string of the molecule is COc1cc(OC)c(C(O)C(=O)O)c(Br)c1OC. The largest absolute Gasteiger partial charge is 0.496 e. The summed E-state index contributed by atoms with van der Waals surface area (Å²) in [5, 5.41) is 18.5. The second-order valence-electron chi connectivity index (χ2n) is 3.28. The zero-order valence-corrected chi connectivity index (χ0v) is 11.6.